The van der Waals surface area contributed by atoms with Crippen LogP contribution in [0.1, 0.15) is 43.0 Å². The van der Waals surface area contributed by atoms with Crippen molar-refractivity contribution < 1.29 is 67.2 Å². The second-order valence-electron chi connectivity index (χ2n) is 13.8. The van der Waals surface area contributed by atoms with E-state index in [0.717, 1.165) is 22.3 Å². The topological polar surface area (TPSA) is 167 Å². The zero-order valence-corrected chi connectivity index (χ0v) is 35.3. The minimum absolute atomic E-state index is 0.148. The molecule has 0 amide bonds. The zero-order valence-electron chi connectivity index (χ0n) is 35.3. The number of aromatic carboxylic acids is 2. The van der Waals surface area contributed by atoms with Gasteiger partial charge in [0.15, 0.2) is 0 Å². The molecule has 0 radical (unpaired) electrons. The molecule has 2 heterocycles. The molecule has 0 spiro atoms. The quantitative estimate of drug-likeness (QED) is 0.149. The first-order valence-electron chi connectivity index (χ1n) is 20.8. The van der Waals surface area contributed by atoms with E-state index < -0.39 is 11.9 Å². The summed E-state index contributed by atoms with van der Waals surface area (Å²) in [7, 11) is 0. The lowest BCUT2D eigenvalue weighted by Crippen LogP contribution is -2.15. The largest absolute Gasteiger partial charge is 0.491 e. The summed E-state index contributed by atoms with van der Waals surface area (Å²) < 4.78 is 58.9. The summed E-state index contributed by atoms with van der Waals surface area (Å²) in [4.78, 5) is 22.8. The van der Waals surface area contributed by atoms with Crippen molar-refractivity contribution in [3.05, 3.63) is 130 Å². The summed E-state index contributed by atoms with van der Waals surface area (Å²) in [5.74, 6) is 12.7. The second-order valence-corrected chi connectivity index (χ2v) is 13.8. The number of carboxylic acids is 2. The van der Waals surface area contributed by atoms with Crippen LogP contribution in [0, 0.1) is 23.7 Å². The van der Waals surface area contributed by atoms with E-state index in [9.17, 15) is 19.8 Å². The molecule has 64 heavy (non-hydrogen) atoms. The third-order valence-corrected chi connectivity index (χ3v) is 9.30. The van der Waals surface area contributed by atoms with E-state index in [2.05, 4.69) is 23.7 Å². The van der Waals surface area contributed by atoms with Gasteiger partial charge < -0.3 is 57.6 Å². The maximum Gasteiger partial charge on any atom is 0.335 e. The van der Waals surface area contributed by atoms with Crippen molar-refractivity contribution in [2.75, 3.05) is 106 Å². The minimum Gasteiger partial charge on any atom is -0.491 e. The Bertz CT molecular complexity index is 2220. The molecule has 14 nitrogen and oxygen atoms in total. The molecule has 5 aromatic carbocycles. The third kappa shape index (κ3) is 15.3. The van der Waals surface area contributed by atoms with Crippen LogP contribution < -0.4 is 18.9 Å². The van der Waals surface area contributed by atoms with Crippen LogP contribution in [0.25, 0.3) is 10.8 Å². The Labute approximate surface area is 371 Å². The van der Waals surface area contributed by atoms with Crippen molar-refractivity contribution in [2.45, 2.75) is 0 Å². The average Bonchev–Trinajstić information content (AvgIpc) is 3.31. The molecule has 0 aliphatic carbocycles. The Balaban J connectivity index is 1.12. The van der Waals surface area contributed by atoms with Crippen molar-refractivity contribution in [1.82, 2.24) is 0 Å². The van der Waals surface area contributed by atoms with Crippen LogP contribution in [0.3, 0.4) is 0 Å². The highest BCUT2D eigenvalue weighted by Gasteiger charge is 2.13. The first-order chi connectivity index (χ1) is 31.4. The fraction of sp³-hybridized carbons (Fsp3) is 0.320. The SMILES string of the molecule is O=C(O)c1ccc(C#Cc2cc3c(C#Cc4ccc(C(=O)O)cc4)cc2OCCOCCOCCOCCOc2cccc4c(cccc24)OCCOCCOCCOCCO3)cc1. The van der Waals surface area contributed by atoms with Crippen LogP contribution in [0.15, 0.2) is 97.1 Å². The van der Waals surface area contributed by atoms with E-state index in [4.69, 9.17) is 47.4 Å². The van der Waals surface area contributed by atoms with Gasteiger partial charge in [0.05, 0.1) is 102 Å². The van der Waals surface area contributed by atoms with E-state index in [0.29, 0.717) is 113 Å². The van der Waals surface area contributed by atoms with Crippen LogP contribution in [-0.2, 0) is 28.4 Å². The van der Waals surface area contributed by atoms with Gasteiger partial charge >= 0.3 is 11.9 Å². The highest BCUT2D eigenvalue weighted by Crippen LogP contribution is 2.32. The van der Waals surface area contributed by atoms with E-state index in [1.807, 2.05) is 36.4 Å². The standard InChI is InChI=1S/C50H50O14/c51-49(52)39-13-7-37(8-14-39)11-17-41-36-48-42(18-12-38-9-15-40(16-10-38)50(53)54)35-47(41)63-33-29-59-25-21-55-19-23-57-27-31-61-45-5-1-3-43-44(45)4-2-6-46(43)62-32-28-58-24-20-56-22-26-60-30-34-64-48/h1-10,13-16,35-36H,19-34H2,(H,51,52)(H,53,54). The summed E-state index contributed by atoms with van der Waals surface area (Å²) in [6.45, 7) is 5.36. The van der Waals surface area contributed by atoms with Gasteiger partial charge in [0, 0.05) is 34.0 Å². The van der Waals surface area contributed by atoms with Gasteiger partial charge in [0.25, 0.3) is 0 Å². The Morgan fingerprint density at radius 1 is 0.359 bits per heavy atom. The van der Waals surface area contributed by atoms with Crippen molar-refractivity contribution >= 4 is 22.7 Å². The third-order valence-electron chi connectivity index (χ3n) is 9.30. The van der Waals surface area contributed by atoms with Crippen LogP contribution >= 0.6 is 0 Å². The smallest absolute Gasteiger partial charge is 0.335 e. The Hall–Kier alpha value is -6.62. The number of ether oxygens (including phenoxy) is 10. The van der Waals surface area contributed by atoms with Gasteiger partial charge in [-0.1, -0.05) is 47.9 Å². The van der Waals surface area contributed by atoms with Crippen molar-refractivity contribution in [3.8, 4) is 46.7 Å². The zero-order chi connectivity index (χ0) is 44.6. The van der Waals surface area contributed by atoms with Crippen molar-refractivity contribution in [3.63, 3.8) is 0 Å². The molecular formula is C50H50O14. The average molecular weight is 875 g/mol. The fourth-order valence-electron chi connectivity index (χ4n) is 6.10. The first kappa shape index (κ1) is 46.9. The molecule has 0 atom stereocenters. The highest BCUT2D eigenvalue weighted by molar-refractivity contribution is 5.93. The molecular weight excluding hydrogens is 825 g/mol. The Kier molecular flexibility index (Phi) is 19.1. The second kappa shape index (κ2) is 26.1. The van der Waals surface area contributed by atoms with E-state index in [-0.39, 0.29) is 37.6 Å². The molecule has 0 fully saturated rings. The summed E-state index contributed by atoms with van der Waals surface area (Å²) >= 11 is 0. The first-order valence-corrected chi connectivity index (χ1v) is 20.8. The summed E-state index contributed by atoms with van der Waals surface area (Å²) in [5.41, 5.74) is 2.48. The molecule has 334 valence electrons. The number of hydrogen-bond donors (Lipinski definition) is 2. The molecule has 0 saturated heterocycles. The summed E-state index contributed by atoms with van der Waals surface area (Å²) in [6.07, 6.45) is 0. The predicted molar refractivity (Wildman–Crippen MR) is 236 cm³/mol. The number of benzene rings is 5. The number of fused-ring (bicyclic) bond motifs is 26. The predicted octanol–water partition coefficient (Wildman–Crippen LogP) is 6.36. The van der Waals surface area contributed by atoms with Gasteiger partial charge in [-0.3, -0.25) is 0 Å². The molecule has 0 unspecified atom stereocenters. The normalized spacial score (nSPS) is 15.6. The lowest BCUT2D eigenvalue weighted by Gasteiger charge is -2.14. The molecule has 7 rings (SSSR count). The Morgan fingerprint density at radius 3 is 0.969 bits per heavy atom. The molecule has 5 aromatic rings. The number of carboxylic acid groups (broad SMARTS) is 2. The highest BCUT2D eigenvalue weighted by atomic mass is 16.6. The van der Waals surface area contributed by atoms with Crippen molar-refractivity contribution in [1.29, 1.82) is 0 Å². The number of hydrogen-bond acceptors (Lipinski definition) is 12. The molecule has 6 bridgehead atoms. The van der Waals surface area contributed by atoms with Gasteiger partial charge in [0.2, 0.25) is 0 Å². The maximum absolute atomic E-state index is 11.4. The van der Waals surface area contributed by atoms with E-state index in [1.54, 1.807) is 36.4 Å². The fourth-order valence-corrected chi connectivity index (χ4v) is 6.10. The molecule has 14 heteroatoms. The lowest BCUT2D eigenvalue weighted by atomic mass is 10.1. The summed E-state index contributed by atoms with van der Waals surface area (Å²) in [6, 6.07) is 27.6. The monoisotopic (exact) mass is 874 g/mol. The van der Waals surface area contributed by atoms with Gasteiger partial charge in [-0.25, -0.2) is 9.59 Å². The minimum atomic E-state index is -1.03. The van der Waals surface area contributed by atoms with Crippen LogP contribution in [0.2, 0.25) is 0 Å². The lowest BCUT2D eigenvalue weighted by molar-refractivity contribution is 0.00482. The number of rotatable bonds is 2. The van der Waals surface area contributed by atoms with Crippen LogP contribution in [-0.4, -0.2) is 128 Å². The molecule has 0 aromatic heterocycles. The van der Waals surface area contributed by atoms with Crippen molar-refractivity contribution in [2.24, 2.45) is 0 Å². The molecule has 0 saturated carbocycles. The van der Waals surface area contributed by atoms with Gasteiger partial charge in [0.1, 0.15) is 49.4 Å². The molecule has 2 aliphatic rings. The maximum atomic E-state index is 11.4. The van der Waals surface area contributed by atoms with Gasteiger partial charge in [-0.05, 0) is 60.7 Å². The summed E-state index contributed by atoms with van der Waals surface area (Å²) in [5, 5.41) is 20.5. The van der Waals surface area contributed by atoms with Gasteiger partial charge in [-0.15, -0.1) is 0 Å². The molecule has 2 N–H and O–H groups in total. The van der Waals surface area contributed by atoms with E-state index >= 15 is 0 Å². The molecule has 2 aliphatic heterocycles. The van der Waals surface area contributed by atoms with Crippen LogP contribution in [0.4, 0.5) is 0 Å². The van der Waals surface area contributed by atoms with E-state index in [1.165, 1.54) is 24.3 Å². The number of carbonyl (C=O) groups is 2. The Morgan fingerprint density at radius 2 is 0.656 bits per heavy atom. The van der Waals surface area contributed by atoms with Gasteiger partial charge in [-0.2, -0.15) is 0 Å². The van der Waals surface area contributed by atoms with Crippen LogP contribution in [0.5, 0.6) is 23.0 Å².